The van der Waals surface area contributed by atoms with Gasteiger partial charge in [-0.25, -0.2) is 4.79 Å². The van der Waals surface area contributed by atoms with Crippen LogP contribution >= 0.6 is 0 Å². The van der Waals surface area contributed by atoms with Crippen molar-refractivity contribution in [1.29, 1.82) is 0 Å². The minimum Gasteiger partial charge on any atom is -0.481 e. The van der Waals surface area contributed by atoms with Crippen molar-refractivity contribution in [3.8, 4) is 0 Å². The molecule has 0 saturated carbocycles. The monoisotopic (exact) mass is 335 g/mol. The average molecular weight is 335 g/mol. The van der Waals surface area contributed by atoms with Gasteiger partial charge in [-0.1, -0.05) is 5.11 Å². The van der Waals surface area contributed by atoms with Gasteiger partial charge < -0.3 is 14.6 Å². The summed E-state index contributed by atoms with van der Waals surface area (Å²) in [5, 5.41) is 12.5. The van der Waals surface area contributed by atoms with E-state index in [9.17, 15) is 9.59 Å². The largest absolute Gasteiger partial charge is 0.481 e. The Morgan fingerprint density at radius 3 is 2.46 bits per heavy atom. The van der Waals surface area contributed by atoms with Crippen molar-refractivity contribution in [2.45, 2.75) is 46.3 Å². The van der Waals surface area contributed by atoms with Crippen molar-refractivity contribution in [3.05, 3.63) is 39.3 Å². The Hall–Kier alpha value is -2.57. The van der Waals surface area contributed by atoms with Crippen LogP contribution in [-0.4, -0.2) is 29.3 Å². The molecule has 0 fully saturated rings. The van der Waals surface area contributed by atoms with Gasteiger partial charge in [0.1, 0.15) is 12.2 Å². The van der Waals surface area contributed by atoms with Crippen molar-refractivity contribution in [2.24, 2.45) is 5.11 Å². The topological polar surface area (TPSA) is 122 Å². The molecule has 0 aliphatic rings. The van der Waals surface area contributed by atoms with Crippen LogP contribution in [0.1, 0.15) is 37.5 Å². The van der Waals surface area contributed by atoms with Gasteiger partial charge in [0.15, 0.2) is 0 Å². The molecular weight excluding hydrogens is 314 g/mol. The third-order valence-corrected chi connectivity index (χ3v) is 3.01. The number of carboxylic acid groups (broad SMARTS) is 1. The first-order valence-electron chi connectivity index (χ1n) is 7.31. The number of carbonyl (C=O) groups excluding carboxylic acids is 1. The Morgan fingerprint density at radius 1 is 1.29 bits per heavy atom. The highest BCUT2D eigenvalue weighted by atomic mass is 16.6. The minimum absolute atomic E-state index is 0.0759. The van der Waals surface area contributed by atoms with E-state index >= 15 is 0 Å². The highest BCUT2D eigenvalue weighted by molar-refractivity contribution is 5.72. The van der Waals surface area contributed by atoms with E-state index in [0.717, 1.165) is 5.56 Å². The van der Waals surface area contributed by atoms with Gasteiger partial charge in [-0.3, -0.25) is 4.79 Å². The van der Waals surface area contributed by atoms with E-state index in [1.165, 1.54) is 6.07 Å². The molecule has 0 bridgehead atoms. The van der Waals surface area contributed by atoms with E-state index in [0.29, 0.717) is 16.8 Å². The molecule has 0 saturated heterocycles. The van der Waals surface area contributed by atoms with E-state index in [1.807, 2.05) is 0 Å². The van der Waals surface area contributed by atoms with Crippen LogP contribution in [0.3, 0.4) is 0 Å². The van der Waals surface area contributed by atoms with E-state index in [-0.39, 0.29) is 19.6 Å². The summed E-state index contributed by atoms with van der Waals surface area (Å²) in [6.07, 6.45) is -0.195. The molecule has 1 rings (SSSR count). The highest BCUT2D eigenvalue weighted by Crippen LogP contribution is 2.24. The second kappa shape index (κ2) is 8.33. The zero-order valence-electron chi connectivity index (χ0n) is 14.2. The number of azide groups is 1. The molecule has 130 valence electrons. The zero-order chi connectivity index (χ0) is 18.3. The minimum atomic E-state index is -0.989. The first kappa shape index (κ1) is 19.5. The summed E-state index contributed by atoms with van der Waals surface area (Å²) in [4.78, 5) is 25.3. The molecule has 0 unspecified atom stereocenters. The van der Waals surface area contributed by atoms with Crippen LogP contribution < -0.4 is 0 Å². The van der Waals surface area contributed by atoms with Crippen LogP contribution in [0.5, 0.6) is 0 Å². The Kier molecular flexibility index (Phi) is 6.76. The van der Waals surface area contributed by atoms with Gasteiger partial charge in [-0.05, 0) is 62.0 Å². The molecule has 1 N–H and O–H groups in total. The van der Waals surface area contributed by atoms with E-state index in [4.69, 9.17) is 20.1 Å². The van der Waals surface area contributed by atoms with Crippen molar-refractivity contribution in [1.82, 2.24) is 0 Å². The highest BCUT2D eigenvalue weighted by Gasteiger charge is 2.16. The molecule has 24 heavy (non-hydrogen) atoms. The van der Waals surface area contributed by atoms with Gasteiger partial charge in [0.25, 0.3) is 0 Å². The molecule has 0 amide bonds. The standard InChI is InChI=1S/C16H21N3O5/c1-10-11(7-14(20)21)5-13(18-19-17)6-12(10)8-23-9-15(22)24-16(2,3)4/h5-6H,7-9H2,1-4H3,(H,20,21). The molecule has 0 spiro atoms. The molecule has 1 aromatic rings. The van der Waals surface area contributed by atoms with Crippen LogP contribution in [-0.2, 0) is 32.1 Å². The van der Waals surface area contributed by atoms with Gasteiger partial charge in [-0.2, -0.15) is 0 Å². The average Bonchev–Trinajstić information content (AvgIpc) is 2.41. The maximum absolute atomic E-state index is 11.6. The van der Waals surface area contributed by atoms with Crippen molar-refractivity contribution in [3.63, 3.8) is 0 Å². The number of rotatable bonds is 7. The quantitative estimate of drug-likeness (QED) is 0.354. The lowest BCUT2D eigenvalue weighted by Gasteiger charge is -2.19. The van der Waals surface area contributed by atoms with Gasteiger partial charge in [-0.15, -0.1) is 0 Å². The normalized spacial score (nSPS) is 10.8. The predicted molar refractivity (Wildman–Crippen MR) is 86.8 cm³/mol. The number of carbonyl (C=O) groups is 2. The van der Waals surface area contributed by atoms with Crippen molar-refractivity contribution in [2.75, 3.05) is 6.61 Å². The Bertz CT molecular complexity index is 673. The second-order valence-electron chi connectivity index (χ2n) is 6.23. The van der Waals surface area contributed by atoms with E-state index in [1.54, 1.807) is 33.8 Å². The van der Waals surface area contributed by atoms with Gasteiger partial charge in [0.05, 0.1) is 13.0 Å². The molecule has 1 aromatic carbocycles. The third kappa shape index (κ3) is 6.68. The first-order valence-corrected chi connectivity index (χ1v) is 7.31. The van der Waals surface area contributed by atoms with E-state index < -0.39 is 17.5 Å². The van der Waals surface area contributed by atoms with Gasteiger partial charge >= 0.3 is 11.9 Å². The second-order valence-corrected chi connectivity index (χ2v) is 6.23. The fraction of sp³-hybridized carbons (Fsp3) is 0.500. The van der Waals surface area contributed by atoms with Crippen molar-refractivity contribution < 1.29 is 24.2 Å². The maximum atomic E-state index is 11.6. The van der Waals surface area contributed by atoms with Crippen LogP contribution in [0.15, 0.2) is 17.2 Å². The summed E-state index contributed by atoms with van der Waals surface area (Å²) in [5.74, 6) is -1.48. The number of aliphatic carboxylic acids is 1. The molecular formula is C16H21N3O5. The molecule has 8 nitrogen and oxygen atoms in total. The number of nitrogens with zero attached hydrogens (tertiary/aromatic N) is 3. The lowest BCUT2D eigenvalue weighted by atomic mass is 9.99. The predicted octanol–water partition coefficient (Wildman–Crippen LogP) is 3.42. The lowest BCUT2D eigenvalue weighted by Crippen LogP contribution is -2.26. The van der Waals surface area contributed by atoms with Crippen LogP contribution in [0.2, 0.25) is 0 Å². The summed E-state index contributed by atoms with van der Waals surface area (Å²) >= 11 is 0. The van der Waals surface area contributed by atoms with E-state index in [2.05, 4.69) is 10.0 Å². The fourth-order valence-electron chi connectivity index (χ4n) is 2.04. The summed E-state index contributed by atoms with van der Waals surface area (Å²) < 4.78 is 10.5. The molecule has 0 radical (unpaired) electrons. The number of ether oxygens (including phenoxy) is 2. The third-order valence-electron chi connectivity index (χ3n) is 3.01. The Labute approximate surface area is 140 Å². The van der Waals surface area contributed by atoms with Gasteiger partial charge in [0.2, 0.25) is 0 Å². The van der Waals surface area contributed by atoms with Gasteiger partial charge in [0, 0.05) is 10.6 Å². The Morgan fingerprint density at radius 2 is 1.92 bits per heavy atom. The maximum Gasteiger partial charge on any atom is 0.332 e. The number of hydrogen-bond acceptors (Lipinski definition) is 5. The number of carboxylic acids is 1. The molecule has 0 aliphatic carbocycles. The molecule has 0 aromatic heterocycles. The van der Waals surface area contributed by atoms with Crippen LogP contribution in [0.25, 0.3) is 10.4 Å². The first-order chi connectivity index (χ1) is 11.1. The molecule has 0 heterocycles. The Balaban J connectivity index is 2.86. The summed E-state index contributed by atoms with van der Waals surface area (Å²) in [7, 11) is 0. The summed E-state index contributed by atoms with van der Waals surface area (Å²) in [6, 6.07) is 3.13. The summed E-state index contributed by atoms with van der Waals surface area (Å²) in [6.45, 7) is 6.89. The number of hydrogen-bond donors (Lipinski definition) is 1. The smallest absolute Gasteiger partial charge is 0.332 e. The van der Waals surface area contributed by atoms with Crippen molar-refractivity contribution >= 4 is 17.6 Å². The van der Waals surface area contributed by atoms with Crippen LogP contribution in [0.4, 0.5) is 5.69 Å². The summed E-state index contributed by atoms with van der Waals surface area (Å²) in [5.41, 5.74) is 10.2. The fourth-order valence-corrected chi connectivity index (χ4v) is 2.04. The number of benzene rings is 1. The lowest BCUT2D eigenvalue weighted by molar-refractivity contribution is -0.160. The number of esters is 1. The molecule has 8 heteroatoms. The molecule has 0 atom stereocenters. The SMILES string of the molecule is Cc1c(COCC(=O)OC(C)(C)C)cc(N=[N+]=[N-])cc1CC(=O)O. The van der Waals surface area contributed by atoms with Crippen LogP contribution in [0, 0.1) is 6.92 Å². The zero-order valence-corrected chi connectivity index (χ0v) is 14.2. The molecule has 0 aliphatic heterocycles.